The highest BCUT2D eigenvalue weighted by Crippen LogP contribution is 2.31. The smallest absolute Gasteiger partial charge is 0.123 e. The van der Waals surface area contributed by atoms with E-state index in [9.17, 15) is 4.39 Å². The Morgan fingerprint density at radius 2 is 1.79 bits per heavy atom. The van der Waals surface area contributed by atoms with Gasteiger partial charge in [-0.1, -0.05) is 23.8 Å². The van der Waals surface area contributed by atoms with E-state index in [4.69, 9.17) is 0 Å². The molecular formula is C17H16FN. The molecule has 0 saturated heterocycles. The first kappa shape index (κ1) is 12.0. The average Bonchev–Trinajstić information content (AvgIpc) is 2.77. The molecule has 3 aromatic rings. The SMILES string of the molecule is CCn1cc(-c2ccc(F)cc2)c2cc(C)ccc21. The number of halogens is 1. The molecule has 0 aliphatic heterocycles. The Labute approximate surface area is 112 Å². The van der Waals surface area contributed by atoms with Crippen molar-refractivity contribution >= 4 is 10.9 Å². The van der Waals surface area contributed by atoms with Crippen molar-refractivity contribution in [2.24, 2.45) is 0 Å². The molecular weight excluding hydrogens is 237 g/mol. The van der Waals surface area contributed by atoms with Crippen molar-refractivity contribution in [1.82, 2.24) is 4.57 Å². The van der Waals surface area contributed by atoms with Crippen molar-refractivity contribution in [3.05, 3.63) is 60.0 Å². The number of hydrogen-bond acceptors (Lipinski definition) is 0. The normalized spacial score (nSPS) is 11.1. The van der Waals surface area contributed by atoms with Crippen LogP contribution in [0, 0.1) is 12.7 Å². The van der Waals surface area contributed by atoms with Crippen molar-refractivity contribution in [3.63, 3.8) is 0 Å². The van der Waals surface area contributed by atoms with E-state index < -0.39 is 0 Å². The lowest BCUT2D eigenvalue weighted by atomic mass is 10.0. The van der Waals surface area contributed by atoms with Crippen LogP contribution in [0.5, 0.6) is 0 Å². The molecule has 0 amide bonds. The number of aromatic nitrogens is 1. The first-order valence-electron chi connectivity index (χ1n) is 6.54. The van der Waals surface area contributed by atoms with E-state index in [1.54, 1.807) is 0 Å². The topological polar surface area (TPSA) is 4.93 Å². The van der Waals surface area contributed by atoms with Crippen LogP contribution in [0.25, 0.3) is 22.0 Å². The first-order valence-corrected chi connectivity index (χ1v) is 6.54. The summed E-state index contributed by atoms with van der Waals surface area (Å²) in [4.78, 5) is 0. The van der Waals surface area contributed by atoms with Crippen molar-refractivity contribution in [1.29, 1.82) is 0 Å². The second-order valence-electron chi connectivity index (χ2n) is 4.86. The van der Waals surface area contributed by atoms with E-state index >= 15 is 0 Å². The van der Waals surface area contributed by atoms with Crippen LogP contribution >= 0.6 is 0 Å². The second kappa shape index (κ2) is 4.54. The zero-order valence-corrected chi connectivity index (χ0v) is 11.2. The number of hydrogen-bond donors (Lipinski definition) is 0. The van der Waals surface area contributed by atoms with Crippen LogP contribution in [0.2, 0.25) is 0 Å². The fraction of sp³-hybridized carbons (Fsp3) is 0.176. The zero-order valence-electron chi connectivity index (χ0n) is 11.2. The molecule has 0 saturated carbocycles. The molecule has 0 atom stereocenters. The van der Waals surface area contributed by atoms with Gasteiger partial charge in [0, 0.05) is 29.2 Å². The lowest BCUT2D eigenvalue weighted by Gasteiger charge is -2.01. The zero-order chi connectivity index (χ0) is 13.4. The summed E-state index contributed by atoms with van der Waals surface area (Å²) in [5.41, 5.74) is 4.70. The minimum Gasteiger partial charge on any atom is -0.347 e. The highest BCUT2D eigenvalue weighted by Gasteiger charge is 2.09. The molecule has 2 heteroatoms. The van der Waals surface area contributed by atoms with Gasteiger partial charge in [-0.15, -0.1) is 0 Å². The van der Waals surface area contributed by atoms with Crippen molar-refractivity contribution < 1.29 is 4.39 Å². The Morgan fingerprint density at radius 1 is 1.05 bits per heavy atom. The van der Waals surface area contributed by atoms with Gasteiger partial charge in [0.05, 0.1) is 0 Å². The number of nitrogens with zero attached hydrogens (tertiary/aromatic N) is 1. The summed E-state index contributed by atoms with van der Waals surface area (Å²) >= 11 is 0. The molecule has 96 valence electrons. The lowest BCUT2D eigenvalue weighted by Crippen LogP contribution is -1.90. The Morgan fingerprint density at radius 3 is 2.47 bits per heavy atom. The lowest BCUT2D eigenvalue weighted by molar-refractivity contribution is 0.628. The van der Waals surface area contributed by atoms with Crippen LogP contribution < -0.4 is 0 Å². The molecule has 2 aromatic carbocycles. The average molecular weight is 253 g/mol. The minimum absolute atomic E-state index is 0.195. The third-order valence-electron chi connectivity index (χ3n) is 3.53. The summed E-state index contributed by atoms with van der Waals surface area (Å²) in [6.07, 6.45) is 2.15. The fourth-order valence-corrected chi connectivity index (χ4v) is 2.53. The van der Waals surface area contributed by atoms with Crippen LogP contribution in [0.3, 0.4) is 0 Å². The van der Waals surface area contributed by atoms with Crippen molar-refractivity contribution in [2.45, 2.75) is 20.4 Å². The van der Waals surface area contributed by atoms with E-state index in [0.717, 1.165) is 12.1 Å². The summed E-state index contributed by atoms with van der Waals surface area (Å²) in [7, 11) is 0. The minimum atomic E-state index is -0.195. The molecule has 0 radical (unpaired) electrons. The van der Waals surface area contributed by atoms with Crippen LogP contribution in [-0.2, 0) is 6.54 Å². The van der Waals surface area contributed by atoms with Gasteiger partial charge in [-0.25, -0.2) is 4.39 Å². The van der Waals surface area contributed by atoms with E-state index in [2.05, 4.69) is 42.8 Å². The summed E-state index contributed by atoms with van der Waals surface area (Å²) < 4.78 is 15.3. The van der Waals surface area contributed by atoms with Gasteiger partial charge in [0.25, 0.3) is 0 Å². The fourth-order valence-electron chi connectivity index (χ4n) is 2.53. The maximum atomic E-state index is 13.0. The van der Waals surface area contributed by atoms with Gasteiger partial charge in [0.1, 0.15) is 5.82 Å². The van der Waals surface area contributed by atoms with Gasteiger partial charge < -0.3 is 4.57 Å². The monoisotopic (exact) mass is 253 g/mol. The Balaban J connectivity index is 2.28. The Hall–Kier alpha value is -2.09. The molecule has 19 heavy (non-hydrogen) atoms. The highest BCUT2D eigenvalue weighted by atomic mass is 19.1. The molecule has 0 bridgehead atoms. The molecule has 1 aromatic heterocycles. The van der Waals surface area contributed by atoms with Gasteiger partial charge in [-0.05, 0) is 43.7 Å². The van der Waals surface area contributed by atoms with E-state index in [1.165, 1.54) is 34.2 Å². The molecule has 1 nitrogen and oxygen atoms in total. The van der Waals surface area contributed by atoms with Crippen molar-refractivity contribution in [3.8, 4) is 11.1 Å². The number of aryl methyl sites for hydroxylation is 2. The summed E-state index contributed by atoms with van der Waals surface area (Å²) in [6, 6.07) is 13.2. The molecule has 0 spiro atoms. The molecule has 0 fully saturated rings. The maximum Gasteiger partial charge on any atom is 0.123 e. The molecule has 0 unspecified atom stereocenters. The van der Waals surface area contributed by atoms with Crippen LogP contribution in [0.1, 0.15) is 12.5 Å². The molecule has 0 aliphatic rings. The highest BCUT2D eigenvalue weighted by molar-refractivity contribution is 5.96. The third kappa shape index (κ3) is 2.03. The second-order valence-corrected chi connectivity index (χ2v) is 4.86. The Bertz CT molecular complexity index is 723. The quantitative estimate of drug-likeness (QED) is 0.619. The van der Waals surface area contributed by atoms with E-state index in [1.807, 2.05) is 12.1 Å². The third-order valence-corrected chi connectivity index (χ3v) is 3.53. The largest absolute Gasteiger partial charge is 0.347 e. The molecule has 0 N–H and O–H groups in total. The van der Waals surface area contributed by atoms with E-state index in [0.29, 0.717) is 0 Å². The first-order chi connectivity index (χ1) is 9.19. The number of fused-ring (bicyclic) bond motifs is 1. The van der Waals surface area contributed by atoms with Crippen LogP contribution in [0.4, 0.5) is 4.39 Å². The Kier molecular flexibility index (Phi) is 2.86. The van der Waals surface area contributed by atoms with Gasteiger partial charge in [0.15, 0.2) is 0 Å². The summed E-state index contributed by atoms with van der Waals surface area (Å²) in [6.45, 7) is 5.16. The number of rotatable bonds is 2. The predicted octanol–water partition coefficient (Wildman–Crippen LogP) is 4.78. The predicted molar refractivity (Wildman–Crippen MR) is 77.7 cm³/mol. The van der Waals surface area contributed by atoms with Gasteiger partial charge in [0.2, 0.25) is 0 Å². The molecule has 1 heterocycles. The molecule has 0 aliphatic carbocycles. The van der Waals surface area contributed by atoms with Gasteiger partial charge >= 0.3 is 0 Å². The van der Waals surface area contributed by atoms with Gasteiger partial charge in [-0.3, -0.25) is 0 Å². The van der Waals surface area contributed by atoms with E-state index in [-0.39, 0.29) is 5.82 Å². The number of benzene rings is 2. The van der Waals surface area contributed by atoms with Crippen LogP contribution in [-0.4, -0.2) is 4.57 Å². The van der Waals surface area contributed by atoms with Crippen LogP contribution in [0.15, 0.2) is 48.7 Å². The summed E-state index contributed by atoms with van der Waals surface area (Å²) in [5.74, 6) is -0.195. The molecule has 3 rings (SSSR count). The summed E-state index contributed by atoms with van der Waals surface area (Å²) in [5, 5.41) is 1.23. The van der Waals surface area contributed by atoms with Crippen molar-refractivity contribution in [2.75, 3.05) is 0 Å². The standard InChI is InChI=1S/C17H16FN/c1-3-19-11-16(13-5-7-14(18)8-6-13)15-10-12(2)4-9-17(15)19/h4-11H,3H2,1-2H3. The van der Waals surface area contributed by atoms with Gasteiger partial charge in [-0.2, -0.15) is 0 Å². The maximum absolute atomic E-state index is 13.0.